The van der Waals surface area contributed by atoms with E-state index in [9.17, 15) is 4.39 Å². The Hall–Kier alpha value is -0.970. The summed E-state index contributed by atoms with van der Waals surface area (Å²) in [5.41, 5.74) is 0.835. The molecule has 2 rings (SSSR count). The molecule has 2 nitrogen and oxygen atoms in total. The fourth-order valence-corrected chi connectivity index (χ4v) is 2.20. The third-order valence-corrected chi connectivity index (χ3v) is 3.01. The molecular formula is C11H10ClFN2S. The fourth-order valence-electron chi connectivity index (χ4n) is 1.37. The Labute approximate surface area is 102 Å². The Morgan fingerprint density at radius 3 is 2.88 bits per heavy atom. The van der Waals surface area contributed by atoms with Gasteiger partial charge in [0.15, 0.2) is 0 Å². The number of aromatic nitrogens is 1. The van der Waals surface area contributed by atoms with Crippen molar-refractivity contribution in [1.82, 2.24) is 10.3 Å². The first-order chi connectivity index (χ1) is 7.74. The molecule has 0 radical (unpaired) electrons. The normalized spacial score (nSPS) is 10.6. The summed E-state index contributed by atoms with van der Waals surface area (Å²) >= 11 is 7.34. The van der Waals surface area contributed by atoms with E-state index >= 15 is 0 Å². The highest BCUT2D eigenvalue weighted by Gasteiger charge is 2.00. The summed E-state index contributed by atoms with van der Waals surface area (Å²) < 4.78 is 13.0. The molecule has 0 aliphatic rings. The van der Waals surface area contributed by atoms with Crippen molar-refractivity contribution in [3.63, 3.8) is 0 Å². The van der Waals surface area contributed by atoms with Gasteiger partial charge in [-0.15, -0.1) is 11.3 Å². The van der Waals surface area contributed by atoms with Gasteiger partial charge in [-0.05, 0) is 23.8 Å². The zero-order chi connectivity index (χ0) is 11.4. The second kappa shape index (κ2) is 5.39. The van der Waals surface area contributed by atoms with E-state index in [1.165, 1.54) is 12.1 Å². The molecule has 0 saturated heterocycles. The number of halogens is 2. The zero-order valence-corrected chi connectivity index (χ0v) is 9.98. The van der Waals surface area contributed by atoms with Crippen LogP contribution in [0, 0.1) is 5.82 Å². The lowest BCUT2D eigenvalue weighted by atomic mass is 10.2. The van der Waals surface area contributed by atoms with Crippen molar-refractivity contribution in [2.45, 2.75) is 13.1 Å². The Morgan fingerprint density at radius 2 is 2.19 bits per heavy atom. The molecule has 0 amide bonds. The van der Waals surface area contributed by atoms with E-state index in [0.29, 0.717) is 18.1 Å². The molecule has 5 heteroatoms. The van der Waals surface area contributed by atoms with Crippen LogP contribution in [0.3, 0.4) is 0 Å². The van der Waals surface area contributed by atoms with Crippen LogP contribution in [0.2, 0.25) is 5.02 Å². The third kappa shape index (κ3) is 3.27. The van der Waals surface area contributed by atoms with Crippen LogP contribution in [0.1, 0.15) is 10.6 Å². The molecule has 0 saturated carbocycles. The Balaban J connectivity index is 1.89. The lowest BCUT2D eigenvalue weighted by Crippen LogP contribution is -2.12. The minimum atomic E-state index is -0.307. The van der Waals surface area contributed by atoms with E-state index in [-0.39, 0.29) is 5.82 Å². The van der Waals surface area contributed by atoms with Crippen LogP contribution in [-0.4, -0.2) is 4.98 Å². The molecule has 0 unspecified atom stereocenters. The van der Waals surface area contributed by atoms with E-state index in [1.54, 1.807) is 23.6 Å². The SMILES string of the molecule is Fc1cc(Cl)cc(CNCc2nccs2)c1. The number of benzene rings is 1. The second-order valence-electron chi connectivity index (χ2n) is 3.31. The van der Waals surface area contributed by atoms with Gasteiger partial charge in [0.05, 0.1) is 0 Å². The average Bonchev–Trinajstić information content (AvgIpc) is 2.69. The maximum atomic E-state index is 13.0. The number of thiazole rings is 1. The van der Waals surface area contributed by atoms with Crippen LogP contribution < -0.4 is 5.32 Å². The lowest BCUT2D eigenvalue weighted by molar-refractivity contribution is 0.620. The maximum Gasteiger partial charge on any atom is 0.125 e. The highest BCUT2D eigenvalue weighted by molar-refractivity contribution is 7.09. The molecule has 0 aliphatic carbocycles. The van der Waals surface area contributed by atoms with E-state index in [0.717, 1.165) is 10.6 Å². The molecule has 16 heavy (non-hydrogen) atoms. The minimum Gasteiger partial charge on any atom is -0.306 e. The second-order valence-corrected chi connectivity index (χ2v) is 4.72. The zero-order valence-electron chi connectivity index (χ0n) is 8.41. The lowest BCUT2D eigenvalue weighted by Gasteiger charge is -2.03. The molecule has 0 spiro atoms. The number of nitrogens with one attached hydrogen (secondary N) is 1. The number of rotatable bonds is 4. The summed E-state index contributed by atoms with van der Waals surface area (Å²) in [6.45, 7) is 1.27. The summed E-state index contributed by atoms with van der Waals surface area (Å²) in [6.07, 6.45) is 1.76. The van der Waals surface area contributed by atoms with Gasteiger partial charge in [-0.1, -0.05) is 11.6 Å². The maximum absolute atomic E-state index is 13.0. The number of nitrogens with zero attached hydrogens (tertiary/aromatic N) is 1. The largest absolute Gasteiger partial charge is 0.306 e. The van der Waals surface area contributed by atoms with Crippen molar-refractivity contribution in [3.05, 3.63) is 51.2 Å². The highest BCUT2D eigenvalue weighted by atomic mass is 35.5. The molecule has 0 aliphatic heterocycles. The van der Waals surface area contributed by atoms with Gasteiger partial charge < -0.3 is 5.32 Å². The Morgan fingerprint density at radius 1 is 1.31 bits per heavy atom. The van der Waals surface area contributed by atoms with Crippen LogP contribution >= 0.6 is 22.9 Å². The van der Waals surface area contributed by atoms with Gasteiger partial charge in [-0.25, -0.2) is 9.37 Å². The van der Waals surface area contributed by atoms with Crippen LogP contribution in [0.4, 0.5) is 4.39 Å². The summed E-state index contributed by atoms with van der Waals surface area (Å²) in [7, 11) is 0. The fraction of sp³-hybridized carbons (Fsp3) is 0.182. The first kappa shape index (κ1) is 11.5. The summed E-state index contributed by atoms with van der Waals surface area (Å²) in [5, 5.41) is 6.55. The molecule has 1 N–H and O–H groups in total. The summed E-state index contributed by atoms with van der Waals surface area (Å²) in [4.78, 5) is 4.14. The standard InChI is InChI=1S/C11H10ClFN2S/c12-9-3-8(4-10(13)5-9)6-14-7-11-15-1-2-16-11/h1-5,14H,6-7H2. The van der Waals surface area contributed by atoms with Crippen molar-refractivity contribution in [1.29, 1.82) is 0 Å². The number of hydrogen-bond donors (Lipinski definition) is 1. The van der Waals surface area contributed by atoms with E-state index < -0.39 is 0 Å². The van der Waals surface area contributed by atoms with E-state index in [1.807, 2.05) is 5.38 Å². The molecule has 0 fully saturated rings. The van der Waals surface area contributed by atoms with Crippen molar-refractivity contribution < 1.29 is 4.39 Å². The Kier molecular flexibility index (Phi) is 3.88. The van der Waals surface area contributed by atoms with Crippen LogP contribution in [-0.2, 0) is 13.1 Å². The summed E-state index contributed by atoms with van der Waals surface area (Å²) in [5.74, 6) is -0.307. The molecule has 1 aromatic heterocycles. The van der Waals surface area contributed by atoms with Crippen LogP contribution in [0.5, 0.6) is 0 Å². The molecule has 0 atom stereocenters. The van der Waals surface area contributed by atoms with Gasteiger partial charge in [0, 0.05) is 29.7 Å². The summed E-state index contributed by atoms with van der Waals surface area (Å²) in [6, 6.07) is 4.52. The van der Waals surface area contributed by atoms with Gasteiger partial charge in [-0.2, -0.15) is 0 Å². The first-order valence-electron chi connectivity index (χ1n) is 4.78. The van der Waals surface area contributed by atoms with Gasteiger partial charge in [0.2, 0.25) is 0 Å². The van der Waals surface area contributed by atoms with Crippen molar-refractivity contribution in [2.24, 2.45) is 0 Å². The first-order valence-corrected chi connectivity index (χ1v) is 6.04. The predicted molar refractivity (Wildman–Crippen MR) is 64.1 cm³/mol. The minimum absolute atomic E-state index is 0.307. The molecule has 1 aromatic carbocycles. The quantitative estimate of drug-likeness (QED) is 0.909. The molecule has 84 valence electrons. The molecular weight excluding hydrogens is 247 g/mol. The highest BCUT2D eigenvalue weighted by Crippen LogP contribution is 2.14. The van der Waals surface area contributed by atoms with E-state index in [2.05, 4.69) is 10.3 Å². The van der Waals surface area contributed by atoms with Gasteiger partial charge in [0.25, 0.3) is 0 Å². The van der Waals surface area contributed by atoms with Gasteiger partial charge in [-0.3, -0.25) is 0 Å². The van der Waals surface area contributed by atoms with Crippen LogP contribution in [0.15, 0.2) is 29.8 Å². The van der Waals surface area contributed by atoms with Gasteiger partial charge in [0.1, 0.15) is 10.8 Å². The topological polar surface area (TPSA) is 24.9 Å². The predicted octanol–water partition coefficient (Wildman–Crippen LogP) is 3.23. The van der Waals surface area contributed by atoms with Crippen molar-refractivity contribution in [2.75, 3.05) is 0 Å². The number of hydrogen-bond acceptors (Lipinski definition) is 3. The van der Waals surface area contributed by atoms with Gasteiger partial charge >= 0.3 is 0 Å². The van der Waals surface area contributed by atoms with Crippen LogP contribution in [0.25, 0.3) is 0 Å². The monoisotopic (exact) mass is 256 g/mol. The van der Waals surface area contributed by atoms with E-state index in [4.69, 9.17) is 11.6 Å². The average molecular weight is 257 g/mol. The van der Waals surface area contributed by atoms with Crippen molar-refractivity contribution in [3.8, 4) is 0 Å². The molecule has 2 aromatic rings. The molecule has 0 bridgehead atoms. The molecule has 1 heterocycles. The van der Waals surface area contributed by atoms with Crippen molar-refractivity contribution >= 4 is 22.9 Å². The smallest absolute Gasteiger partial charge is 0.125 e. The third-order valence-electron chi connectivity index (χ3n) is 2.01. The Bertz CT molecular complexity index is 439.